The minimum absolute atomic E-state index is 0.258. The van der Waals surface area contributed by atoms with Gasteiger partial charge in [0.15, 0.2) is 0 Å². The van der Waals surface area contributed by atoms with Crippen molar-refractivity contribution in [3.05, 3.63) is 59.7 Å². The second-order valence-corrected chi connectivity index (χ2v) is 4.38. The van der Waals surface area contributed by atoms with E-state index in [1.165, 1.54) is 0 Å². The largest absolute Gasteiger partial charge is 0.462 e. The van der Waals surface area contributed by atoms with Crippen LogP contribution in [0.15, 0.2) is 48.5 Å². The van der Waals surface area contributed by atoms with Gasteiger partial charge in [-0.25, -0.2) is 4.79 Å². The van der Waals surface area contributed by atoms with E-state index >= 15 is 0 Å². The SMILES string of the molecule is CCOC(=O)c1ccc(NC(=O)c2cccc(N)c2)cc1. The lowest BCUT2D eigenvalue weighted by Gasteiger charge is -2.07. The molecule has 2 aromatic rings. The maximum Gasteiger partial charge on any atom is 0.338 e. The van der Waals surface area contributed by atoms with Crippen molar-refractivity contribution in [3.63, 3.8) is 0 Å². The summed E-state index contributed by atoms with van der Waals surface area (Å²) >= 11 is 0. The minimum Gasteiger partial charge on any atom is -0.462 e. The smallest absolute Gasteiger partial charge is 0.338 e. The van der Waals surface area contributed by atoms with Gasteiger partial charge in [0.1, 0.15) is 0 Å². The second-order valence-electron chi connectivity index (χ2n) is 4.38. The van der Waals surface area contributed by atoms with Crippen LogP contribution in [0, 0.1) is 0 Å². The molecule has 21 heavy (non-hydrogen) atoms. The number of nitrogen functional groups attached to an aromatic ring is 1. The number of carbonyl (C=O) groups excluding carboxylic acids is 2. The van der Waals surface area contributed by atoms with E-state index in [2.05, 4.69) is 5.32 Å². The predicted molar refractivity (Wildman–Crippen MR) is 81.2 cm³/mol. The highest BCUT2D eigenvalue weighted by atomic mass is 16.5. The van der Waals surface area contributed by atoms with Crippen molar-refractivity contribution >= 4 is 23.3 Å². The van der Waals surface area contributed by atoms with Crippen LogP contribution >= 0.6 is 0 Å². The molecule has 1 amide bonds. The van der Waals surface area contributed by atoms with Crippen molar-refractivity contribution < 1.29 is 14.3 Å². The Labute approximate surface area is 122 Å². The molecule has 3 N–H and O–H groups in total. The van der Waals surface area contributed by atoms with Crippen LogP contribution < -0.4 is 11.1 Å². The highest BCUT2D eigenvalue weighted by molar-refractivity contribution is 6.05. The molecule has 2 rings (SSSR count). The first kappa shape index (κ1) is 14.6. The van der Waals surface area contributed by atoms with Crippen molar-refractivity contribution in [1.82, 2.24) is 0 Å². The molecule has 0 heterocycles. The number of amides is 1. The Morgan fingerprint density at radius 3 is 2.43 bits per heavy atom. The number of hydrogen-bond acceptors (Lipinski definition) is 4. The van der Waals surface area contributed by atoms with Gasteiger partial charge >= 0.3 is 5.97 Å². The Hall–Kier alpha value is -2.82. The molecule has 0 fully saturated rings. The van der Waals surface area contributed by atoms with Gasteiger partial charge in [0.25, 0.3) is 5.91 Å². The van der Waals surface area contributed by atoms with Crippen LogP contribution in [0.5, 0.6) is 0 Å². The van der Waals surface area contributed by atoms with E-state index in [1.807, 2.05) is 0 Å². The molecule has 0 atom stereocenters. The lowest BCUT2D eigenvalue weighted by Crippen LogP contribution is -2.12. The summed E-state index contributed by atoms with van der Waals surface area (Å²) < 4.78 is 4.89. The molecule has 0 radical (unpaired) electrons. The van der Waals surface area contributed by atoms with E-state index in [0.717, 1.165) is 0 Å². The molecular weight excluding hydrogens is 268 g/mol. The summed E-state index contributed by atoms with van der Waals surface area (Å²) in [6.07, 6.45) is 0. The third-order valence-electron chi connectivity index (χ3n) is 2.80. The molecule has 2 aromatic carbocycles. The first-order valence-corrected chi connectivity index (χ1v) is 6.54. The molecule has 0 saturated carbocycles. The monoisotopic (exact) mass is 284 g/mol. The standard InChI is InChI=1S/C16H16N2O3/c1-2-21-16(20)11-6-8-14(9-7-11)18-15(19)12-4-3-5-13(17)10-12/h3-10H,2,17H2,1H3,(H,18,19). The van der Waals surface area contributed by atoms with Crippen molar-refractivity contribution in [3.8, 4) is 0 Å². The van der Waals surface area contributed by atoms with Gasteiger partial charge in [0, 0.05) is 16.9 Å². The topological polar surface area (TPSA) is 81.4 Å². The summed E-state index contributed by atoms with van der Waals surface area (Å²) in [5.41, 5.74) is 7.68. The number of nitrogens with two attached hydrogens (primary N) is 1. The Bertz CT molecular complexity index is 651. The van der Waals surface area contributed by atoms with Crippen LogP contribution in [0.25, 0.3) is 0 Å². The molecule has 0 aliphatic heterocycles. The fourth-order valence-electron chi connectivity index (χ4n) is 1.79. The van der Waals surface area contributed by atoms with E-state index in [0.29, 0.717) is 29.1 Å². The zero-order chi connectivity index (χ0) is 15.2. The summed E-state index contributed by atoms with van der Waals surface area (Å²) in [5.74, 6) is -0.641. The summed E-state index contributed by atoms with van der Waals surface area (Å²) in [6.45, 7) is 2.07. The normalized spacial score (nSPS) is 9.95. The number of benzene rings is 2. The first-order valence-electron chi connectivity index (χ1n) is 6.54. The number of esters is 1. The van der Waals surface area contributed by atoms with Gasteiger partial charge < -0.3 is 15.8 Å². The van der Waals surface area contributed by atoms with Crippen molar-refractivity contribution in [2.24, 2.45) is 0 Å². The zero-order valence-corrected chi connectivity index (χ0v) is 11.6. The van der Waals surface area contributed by atoms with Gasteiger partial charge in [0.2, 0.25) is 0 Å². The van der Waals surface area contributed by atoms with Crippen molar-refractivity contribution in [2.45, 2.75) is 6.92 Å². The summed E-state index contributed by atoms with van der Waals surface area (Å²) in [4.78, 5) is 23.5. The van der Waals surface area contributed by atoms with E-state index in [9.17, 15) is 9.59 Å². The fourth-order valence-corrected chi connectivity index (χ4v) is 1.79. The van der Waals surface area contributed by atoms with Crippen LogP contribution in [0.4, 0.5) is 11.4 Å². The minimum atomic E-state index is -0.383. The molecule has 108 valence electrons. The molecular formula is C16H16N2O3. The number of hydrogen-bond donors (Lipinski definition) is 2. The average molecular weight is 284 g/mol. The Kier molecular flexibility index (Phi) is 4.56. The van der Waals surface area contributed by atoms with E-state index < -0.39 is 0 Å². The number of rotatable bonds is 4. The summed E-state index contributed by atoms with van der Waals surface area (Å²) in [6, 6.07) is 13.2. The van der Waals surface area contributed by atoms with Crippen LogP contribution in [0.3, 0.4) is 0 Å². The highest BCUT2D eigenvalue weighted by Gasteiger charge is 2.08. The van der Waals surface area contributed by atoms with Crippen LogP contribution in [0.2, 0.25) is 0 Å². The highest BCUT2D eigenvalue weighted by Crippen LogP contribution is 2.13. The Morgan fingerprint density at radius 2 is 1.81 bits per heavy atom. The lowest BCUT2D eigenvalue weighted by atomic mass is 10.1. The Morgan fingerprint density at radius 1 is 1.10 bits per heavy atom. The van der Waals surface area contributed by atoms with Gasteiger partial charge in [-0.1, -0.05) is 6.07 Å². The molecule has 0 aliphatic carbocycles. The molecule has 0 aliphatic rings. The molecule has 0 bridgehead atoms. The van der Waals surface area contributed by atoms with Crippen molar-refractivity contribution in [1.29, 1.82) is 0 Å². The lowest BCUT2D eigenvalue weighted by molar-refractivity contribution is 0.0526. The van der Waals surface area contributed by atoms with Crippen molar-refractivity contribution in [2.75, 3.05) is 17.7 Å². The molecule has 0 unspecified atom stereocenters. The van der Waals surface area contributed by atoms with E-state index in [4.69, 9.17) is 10.5 Å². The number of ether oxygens (including phenoxy) is 1. The summed E-state index contributed by atoms with van der Waals surface area (Å²) in [5, 5.41) is 2.74. The number of anilines is 2. The number of carbonyl (C=O) groups is 2. The number of nitrogens with one attached hydrogen (secondary N) is 1. The first-order chi connectivity index (χ1) is 10.1. The van der Waals surface area contributed by atoms with Gasteiger partial charge in [-0.05, 0) is 49.4 Å². The van der Waals surface area contributed by atoms with Crippen LogP contribution in [0.1, 0.15) is 27.6 Å². The van der Waals surface area contributed by atoms with E-state index in [-0.39, 0.29) is 11.9 Å². The second kappa shape index (κ2) is 6.56. The fraction of sp³-hybridized carbons (Fsp3) is 0.125. The summed E-state index contributed by atoms with van der Waals surface area (Å²) in [7, 11) is 0. The molecule has 5 heteroatoms. The quantitative estimate of drug-likeness (QED) is 0.668. The Balaban J connectivity index is 2.06. The third-order valence-corrected chi connectivity index (χ3v) is 2.80. The molecule has 0 spiro atoms. The molecule has 5 nitrogen and oxygen atoms in total. The maximum absolute atomic E-state index is 12.0. The van der Waals surface area contributed by atoms with Crippen LogP contribution in [-0.4, -0.2) is 18.5 Å². The average Bonchev–Trinajstić information content (AvgIpc) is 2.48. The molecule has 0 saturated heterocycles. The van der Waals surface area contributed by atoms with Gasteiger partial charge in [-0.3, -0.25) is 4.79 Å². The molecule has 0 aromatic heterocycles. The maximum atomic E-state index is 12.0. The van der Waals surface area contributed by atoms with E-state index in [1.54, 1.807) is 55.5 Å². The van der Waals surface area contributed by atoms with Gasteiger partial charge in [-0.2, -0.15) is 0 Å². The van der Waals surface area contributed by atoms with Gasteiger partial charge in [-0.15, -0.1) is 0 Å². The third kappa shape index (κ3) is 3.82. The zero-order valence-electron chi connectivity index (χ0n) is 11.6. The predicted octanol–water partition coefficient (Wildman–Crippen LogP) is 2.70. The van der Waals surface area contributed by atoms with Gasteiger partial charge in [0.05, 0.1) is 12.2 Å². The van der Waals surface area contributed by atoms with Crippen LogP contribution in [-0.2, 0) is 4.74 Å².